The number of benzene rings is 1. The Hall–Kier alpha value is -1.91. The molecule has 0 radical (unpaired) electrons. The van der Waals surface area contributed by atoms with Gasteiger partial charge in [0, 0.05) is 29.6 Å². The summed E-state index contributed by atoms with van der Waals surface area (Å²) in [5.74, 6) is -0.987. The van der Waals surface area contributed by atoms with E-state index in [-0.39, 0.29) is 6.10 Å². The van der Waals surface area contributed by atoms with Gasteiger partial charge in [0.05, 0.1) is 31.1 Å². The first-order valence-corrected chi connectivity index (χ1v) is 10.8. The molecule has 0 bridgehead atoms. The number of aromatic nitrogens is 2. The highest BCUT2D eigenvalue weighted by atomic mass is 35.5. The molecular weight excluding hydrogens is 449 g/mol. The summed E-state index contributed by atoms with van der Waals surface area (Å²) in [5, 5.41) is 14.7. The molecular formula is C20H27Cl2N3O6. The maximum atomic E-state index is 8.36. The maximum absolute atomic E-state index is 8.36. The third-order valence-electron chi connectivity index (χ3n) is 4.60. The molecule has 1 aliphatic rings. The highest BCUT2D eigenvalue weighted by Gasteiger charge is 2.45. The number of nitrogens with zero attached hydrogens (tertiary/aromatic N) is 3. The van der Waals surface area contributed by atoms with E-state index >= 15 is 0 Å². The molecule has 0 spiro atoms. The van der Waals surface area contributed by atoms with Gasteiger partial charge in [-0.15, -0.1) is 10.1 Å². The Morgan fingerprint density at radius 1 is 1.39 bits per heavy atom. The fourth-order valence-corrected chi connectivity index (χ4v) is 3.77. The summed E-state index contributed by atoms with van der Waals surface area (Å²) >= 11 is 12.5. The summed E-state index contributed by atoms with van der Waals surface area (Å²) in [4.78, 5) is 12.5. The molecule has 1 saturated heterocycles. The average molecular weight is 476 g/mol. The Kier molecular flexibility index (Phi) is 10.5. The van der Waals surface area contributed by atoms with Crippen molar-refractivity contribution in [2.75, 3.05) is 19.8 Å². The van der Waals surface area contributed by atoms with Crippen molar-refractivity contribution in [3.05, 3.63) is 62.6 Å². The normalized spacial score (nSPS) is 20.3. The van der Waals surface area contributed by atoms with Crippen LogP contribution in [0.25, 0.3) is 0 Å². The van der Waals surface area contributed by atoms with Gasteiger partial charge in [0.25, 0.3) is 5.09 Å². The van der Waals surface area contributed by atoms with Crippen LogP contribution in [0.15, 0.2) is 36.9 Å². The summed E-state index contributed by atoms with van der Waals surface area (Å²) in [6, 6.07) is 5.36. The topological polar surface area (TPSA) is 109 Å². The Balaban J connectivity index is 0.000000785. The van der Waals surface area contributed by atoms with E-state index in [0.717, 1.165) is 18.6 Å². The smallest absolute Gasteiger partial charge is 0.291 e. The van der Waals surface area contributed by atoms with Crippen molar-refractivity contribution in [2.24, 2.45) is 0 Å². The van der Waals surface area contributed by atoms with Gasteiger partial charge < -0.3 is 24.0 Å². The van der Waals surface area contributed by atoms with E-state index in [2.05, 4.69) is 11.9 Å². The van der Waals surface area contributed by atoms with Crippen molar-refractivity contribution in [3.8, 4) is 0 Å². The number of ether oxygens (including phenoxy) is 3. The fraction of sp³-hybridized carbons (Fsp3) is 0.550. The van der Waals surface area contributed by atoms with Crippen LogP contribution in [0.5, 0.6) is 0 Å². The van der Waals surface area contributed by atoms with Gasteiger partial charge >= 0.3 is 0 Å². The zero-order valence-corrected chi connectivity index (χ0v) is 18.8. The summed E-state index contributed by atoms with van der Waals surface area (Å²) in [5.41, 5.74) is 0.757. The van der Waals surface area contributed by atoms with Gasteiger partial charge in [-0.3, -0.25) is 0 Å². The van der Waals surface area contributed by atoms with Crippen LogP contribution in [-0.4, -0.2) is 45.8 Å². The van der Waals surface area contributed by atoms with Crippen LogP contribution in [0.1, 0.15) is 38.2 Å². The first-order chi connectivity index (χ1) is 14.9. The minimum Gasteiger partial charge on any atom is -0.379 e. The lowest BCUT2D eigenvalue weighted by Crippen LogP contribution is -2.34. The molecule has 1 aliphatic heterocycles. The lowest BCUT2D eigenvalue weighted by atomic mass is 10.1. The second-order valence-electron chi connectivity index (χ2n) is 7.04. The standard InChI is InChI=1S/C20H26Cl2N2O3.HNO3/c1-2-3-4-5-10-25-12-17-13-26-20(27-17,14-24-9-8-23-15-24)18-7-6-16(21)11-19(18)22;2-1(3)4/h6-9,11,15,17H,2-5,10,12-14H2,1H3;(H,2,3,4). The summed E-state index contributed by atoms with van der Waals surface area (Å²) < 4.78 is 20.2. The van der Waals surface area contributed by atoms with Crippen molar-refractivity contribution < 1.29 is 24.5 Å². The molecule has 2 atom stereocenters. The van der Waals surface area contributed by atoms with Gasteiger partial charge in [0.2, 0.25) is 5.79 Å². The molecule has 1 N–H and O–H groups in total. The van der Waals surface area contributed by atoms with Crippen molar-refractivity contribution in [1.82, 2.24) is 9.55 Å². The molecule has 1 aromatic carbocycles. The maximum Gasteiger partial charge on any atom is 0.291 e. The molecule has 3 rings (SSSR count). The van der Waals surface area contributed by atoms with Gasteiger partial charge in [-0.25, -0.2) is 4.98 Å². The van der Waals surface area contributed by atoms with Gasteiger partial charge in [0.15, 0.2) is 0 Å². The molecule has 1 fully saturated rings. The van der Waals surface area contributed by atoms with Crippen LogP contribution >= 0.6 is 23.2 Å². The van der Waals surface area contributed by atoms with Gasteiger partial charge in [-0.2, -0.15) is 0 Å². The Morgan fingerprint density at radius 2 is 2.16 bits per heavy atom. The molecule has 0 saturated carbocycles. The molecule has 2 heterocycles. The largest absolute Gasteiger partial charge is 0.379 e. The second kappa shape index (κ2) is 12.8. The van der Waals surface area contributed by atoms with Crippen LogP contribution < -0.4 is 0 Å². The Labute approximate surface area is 190 Å². The van der Waals surface area contributed by atoms with Crippen LogP contribution in [0.3, 0.4) is 0 Å². The van der Waals surface area contributed by atoms with Crippen LogP contribution in [0.2, 0.25) is 10.0 Å². The molecule has 2 unspecified atom stereocenters. The third-order valence-corrected chi connectivity index (χ3v) is 5.14. The third kappa shape index (κ3) is 8.27. The molecule has 2 aromatic rings. The molecule has 11 heteroatoms. The first-order valence-electron chi connectivity index (χ1n) is 10.0. The molecule has 0 amide bonds. The van der Waals surface area contributed by atoms with Crippen molar-refractivity contribution in [3.63, 3.8) is 0 Å². The van der Waals surface area contributed by atoms with Crippen molar-refractivity contribution in [1.29, 1.82) is 0 Å². The van der Waals surface area contributed by atoms with Gasteiger partial charge in [-0.05, 0) is 18.6 Å². The summed E-state index contributed by atoms with van der Waals surface area (Å²) in [7, 11) is 0. The Morgan fingerprint density at radius 3 is 2.81 bits per heavy atom. The van der Waals surface area contributed by atoms with Crippen LogP contribution in [0.4, 0.5) is 0 Å². The van der Waals surface area contributed by atoms with E-state index in [0.29, 0.717) is 29.8 Å². The van der Waals surface area contributed by atoms with Crippen molar-refractivity contribution >= 4 is 23.2 Å². The number of hydrogen-bond acceptors (Lipinski definition) is 6. The highest BCUT2D eigenvalue weighted by Crippen LogP contribution is 2.40. The average Bonchev–Trinajstić information content (AvgIpc) is 3.35. The Bertz CT molecular complexity index is 804. The predicted octanol–water partition coefficient (Wildman–Crippen LogP) is 4.71. The molecule has 0 aliphatic carbocycles. The second-order valence-corrected chi connectivity index (χ2v) is 7.88. The molecule has 31 heavy (non-hydrogen) atoms. The monoisotopic (exact) mass is 475 g/mol. The molecule has 9 nitrogen and oxygen atoms in total. The number of imidazole rings is 1. The zero-order chi connectivity index (χ0) is 22.7. The molecule has 1 aromatic heterocycles. The highest BCUT2D eigenvalue weighted by molar-refractivity contribution is 6.35. The summed E-state index contributed by atoms with van der Waals surface area (Å²) in [6.07, 6.45) is 9.92. The summed E-state index contributed by atoms with van der Waals surface area (Å²) in [6.45, 7) is 4.34. The number of halogens is 2. The zero-order valence-electron chi connectivity index (χ0n) is 17.3. The van der Waals surface area contributed by atoms with E-state index in [4.69, 9.17) is 52.7 Å². The van der Waals surface area contributed by atoms with E-state index in [1.165, 1.54) is 19.3 Å². The van der Waals surface area contributed by atoms with Gasteiger partial charge in [-0.1, -0.05) is 55.5 Å². The minimum absolute atomic E-state index is 0.147. The van der Waals surface area contributed by atoms with E-state index in [1.54, 1.807) is 24.7 Å². The first kappa shape index (κ1) is 25.4. The van der Waals surface area contributed by atoms with Crippen LogP contribution in [-0.2, 0) is 26.5 Å². The SMILES string of the molecule is CCCCCCOCC1COC(Cn2ccnc2)(c2ccc(Cl)cc2Cl)O1.O=[N+]([O-])O. The van der Waals surface area contributed by atoms with Crippen LogP contribution in [0, 0.1) is 10.1 Å². The fourth-order valence-electron chi connectivity index (χ4n) is 3.22. The number of hydrogen-bond donors (Lipinski definition) is 1. The quantitative estimate of drug-likeness (QED) is 0.301. The van der Waals surface area contributed by atoms with E-state index in [9.17, 15) is 0 Å². The van der Waals surface area contributed by atoms with E-state index in [1.807, 2.05) is 16.8 Å². The van der Waals surface area contributed by atoms with Gasteiger partial charge in [0.1, 0.15) is 6.10 Å². The van der Waals surface area contributed by atoms with Crippen molar-refractivity contribution in [2.45, 2.75) is 51.0 Å². The number of unbranched alkanes of at least 4 members (excludes halogenated alkanes) is 3. The lowest BCUT2D eigenvalue weighted by molar-refractivity contribution is -0.742. The lowest BCUT2D eigenvalue weighted by Gasteiger charge is -2.30. The number of rotatable bonds is 10. The minimum atomic E-state index is -1.50. The molecule has 172 valence electrons. The van der Waals surface area contributed by atoms with E-state index < -0.39 is 10.9 Å². The predicted molar refractivity (Wildman–Crippen MR) is 115 cm³/mol.